The van der Waals surface area contributed by atoms with Crippen molar-refractivity contribution in [2.24, 2.45) is 5.92 Å². The van der Waals surface area contributed by atoms with Crippen LogP contribution in [0.3, 0.4) is 0 Å². The van der Waals surface area contributed by atoms with Gasteiger partial charge in [0, 0.05) is 25.8 Å². The number of benzene rings is 1. The molecule has 0 unspecified atom stereocenters. The molecule has 1 rings (SSSR count). The zero-order chi connectivity index (χ0) is 15.5. The van der Waals surface area contributed by atoms with Gasteiger partial charge in [0.2, 0.25) is 0 Å². The second-order valence-corrected chi connectivity index (χ2v) is 6.25. The van der Waals surface area contributed by atoms with Gasteiger partial charge in [-0.15, -0.1) is 0 Å². The van der Waals surface area contributed by atoms with Gasteiger partial charge in [-0.05, 0) is 44.0 Å². The van der Waals surface area contributed by atoms with Gasteiger partial charge in [-0.1, -0.05) is 32.8 Å². The summed E-state index contributed by atoms with van der Waals surface area (Å²) in [5.41, 5.74) is 1.18. The lowest BCUT2D eigenvalue weighted by atomic mass is 10.2. The summed E-state index contributed by atoms with van der Waals surface area (Å²) in [5, 5.41) is 3.48. The van der Waals surface area contributed by atoms with E-state index in [1.807, 2.05) is 26.2 Å². The standard InChI is InChI=1S/C18H32N2O/c1-16(2)15-19-12-7-5-6-8-13-21-18-11-9-10-17(14-18)20(3)4/h9-11,14,16,19H,5-8,12-13,15H2,1-4H3. The summed E-state index contributed by atoms with van der Waals surface area (Å²) < 4.78 is 5.81. The molecule has 0 atom stereocenters. The fourth-order valence-electron chi connectivity index (χ4n) is 2.14. The van der Waals surface area contributed by atoms with Crippen LogP contribution >= 0.6 is 0 Å². The molecule has 0 heterocycles. The zero-order valence-electron chi connectivity index (χ0n) is 14.2. The molecule has 1 aromatic rings. The van der Waals surface area contributed by atoms with Crippen molar-refractivity contribution in [1.29, 1.82) is 0 Å². The average Bonchev–Trinajstić information content (AvgIpc) is 2.45. The summed E-state index contributed by atoms with van der Waals surface area (Å²) in [7, 11) is 4.10. The van der Waals surface area contributed by atoms with Crippen molar-refractivity contribution in [1.82, 2.24) is 5.32 Å². The van der Waals surface area contributed by atoms with E-state index in [1.54, 1.807) is 0 Å². The van der Waals surface area contributed by atoms with Crippen molar-refractivity contribution in [3.05, 3.63) is 24.3 Å². The summed E-state index contributed by atoms with van der Waals surface area (Å²) in [6.07, 6.45) is 4.93. The molecule has 1 aromatic carbocycles. The Morgan fingerprint density at radius 1 is 1.10 bits per heavy atom. The van der Waals surface area contributed by atoms with Crippen LogP contribution in [0.2, 0.25) is 0 Å². The van der Waals surface area contributed by atoms with E-state index >= 15 is 0 Å². The maximum Gasteiger partial charge on any atom is 0.121 e. The first-order valence-electron chi connectivity index (χ1n) is 8.20. The third-order valence-electron chi connectivity index (χ3n) is 3.40. The summed E-state index contributed by atoms with van der Waals surface area (Å²) in [4.78, 5) is 2.09. The first-order valence-corrected chi connectivity index (χ1v) is 8.20. The van der Waals surface area contributed by atoms with Gasteiger partial charge in [-0.3, -0.25) is 0 Å². The van der Waals surface area contributed by atoms with E-state index in [4.69, 9.17) is 4.74 Å². The lowest BCUT2D eigenvalue weighted by molar-refractivity contribution is 0.304. The minimum atomic E-state index is 0.747. The van der Waals surface area contributed by atoms with Crippen LogP contribution in [0.4, 0.5) is 5.69 Å². The Labute approximate surface area is 130 Å². The van der Waals surface area contributed by atoms with E-state index in [0.29, 0.717) is 0 Å². The predicted octanol–water partition coefficient (Wildman–Crippen LogP) is 3.94. The first-order chi connectivity index (χ1) is 10.1. The topological polar surface area (TPSA) is 24.5 Å². The van der Waals surface area contributed by atoms with Crippen molar-refractivity contribution < 1.29 is 4.74 Å². The highest BCUT2D eigenvalue weighted by atomic mass is 16.5. The number of ether oxygens (including phenoxy) is 1. The van der Waals surface area contributed by atoms with E-state index in [0.717, 1.165) is 37.8 Å². The molecule has 3 heteroatoms. The highest BCUT2D eigenvalue weighted by Crippen LogP contribution is 2.19. The minimum absolute atomic E-state index is 0.747. The first kappa shape index (κ1) is 17.8. The van der Waals surface area contributed by atoms with Gasteiger partial charge in [0.15, 0.2) is 0 Å². The molecule has 0 aliphatic rings. The number of nitrogens with one attached hydrogen (secondary N) is 1. The maximum atomic E-state index is 5.81. The molecule has 21 heavy (non-hydrogen) atoms. The van der Waals surface area contributed by atoms with E-state index in [-0.39, 0.29) is 0 Å². The van der Waals surface area contributed by atoms with Gasteiger partial charge in [0.25, 0.3) is 0 Å². The second-order valence-electron chi connectivity index (χ2n) is 6.25. The molecule has 0 amide bonds. The van der Waals surface area contributed by atoms with Crippen LogP contribution in [-0.2, 0) is 0 Å². The molecule has 0 saturated carbocycles. The molecule has 120 valence electrons. The van der Waals surface area contributed by atoms with E-state index in [1.165, 1.54) is 24.9 Å². The molecule has 0 radical (unpaired) electrons. The van der Waals surface area contributed by atoms with E-state index in [9.17, 15) is 0 Å². The Morgan fingerprint density at radius 3 is 2.57 bits per heavy atom. The van der Waals surface area contributed by atoms with Crippen LogP contribution in [0.5, 0.6) is 5.75 Å². The molecule has 0 aliphatic heterocycles. The lowest BCUT2D eigenvalue weighted by Crippen LogP contribution is -2.20. The minimum Gasteiger partial charge on any atom is -0.494 e. The van der Waals surface area contributed by atoms with Crippen LogP contribution in [0, 0.1) is 5.92 Å². The zero-order valence-corrected chi connectivity index (χ0v) is 14.2. The average molecular weight is 292 g/mol. The largest absolute Gasteiger partial charge is 0.494 e. The molecule has 0 saturated heterocycles. The predicted molar refractivity (Wildman–Crippen MR) is 92.4 cm³/mol. The van der Waals surface area contributed by atoms with Crippen LogP contribution < -0.4 is 15.0 Å². The van der Waals surface area contributed by atoms with Gasteiger partial charge in [-0.2, -0.15) is 0 Å². The fraction of sp³-hybridized carbons (Fsp3) is 0.667. The molecule has 3 nitrogen and oxygen atoms in total. The summed E-state index contributed by atoms with van der Waals surface area (Å²) in [6.45, 7) is 7.58. The van der Waals surface area contributed by atoms with Gasteiger partial charge < -0.3 is 15.0 Å². The summed E-state index contributed by atoms with van der Waals surface area (Å²) in [6, 6.07) is 8.26. The molecule has 0 fully saturated rings. The number of nitrogens with zero attached hydrogens (tertiary/aromatic N) is 1. The van der Waals surface area contributed by atoms with Crippen molar-refractivity contribution >= 4 is 5.69 Å². The maximum absolute atomic E-state index is 5.81. The third-order valence-corrected chi connectivity index (χ3v) is 3.40. The molecule has 0 spiro atoms. The van der Waals surface area contributed by atoms with Crippen LogP contribution in [0.15, 0.2) is 24.3 Å². The Bertz CT molecular complexity index is 377. The Balaban J connectivity index is 2.03. The number of anilines is 1. The summed E-state index contributed by atoms with van der Waals surface area (Å²) in [5.74, 6) is 1.72. The monoisotopic (exact) mass is 292 g/mol. The number of rotatable bonds is 11. The van der Waals surface area contributed by atoms with Gasteiger partial charge in [-0.25, -0.2) is 0 Å². The number of unbranched alkanes of at least 4 members (excludes halogenated alkanes) is 3. The lowest BCUT2D eigenvalue weighted by Gasteiger charge is -2.14. The number of hydrogen-bond donors (Lipinski definition) is 1. The van der Waals surface area contributed by atoms with Crippen LogP contribution in [0.1, 0.15) is 39.5 Å². The highest BCUT2D eigenvalue weighted by molar-refractivity contribution is 5.49. The van der Waals surface area contributed by atoms with Crippen molar-refractivity contribution in [2.45, 2.75) is 39.5 Å². The second kappa shape index (κ2) is 10.5. The number of hydrogen-bond acceptors (Lipinski definition) is 3. The molecule has 0 aromatic heterocycles. The molecule has 1 N–H and O–H groups in total. The van der Waals surface area contributed by atoms with E-state index < -0.39 is 0 Å². The smallest absolute Gasteiger partial charge is 0.121 e. The molecule has 0 aliphatic carbocycles. The van der Waals surface area contributed by atoms with Gasteiger partial charge in [0.05, 0.1) is 6.61 Å². The Morgan fingerprint density at radius 2 is 1.86 bits per heavy atom. The van der Waals surface area contributed by atoms with Crippen LogP contribution in [0.25, 0.3) is 0 Å². The van der Waals surface area contributed by atoms with Gasteiger partial charge >= 0.3 is 0 Å². The molecule has 0 bridgehead atoms. The third kappa shape index (κ3) is 8.61. The Kier molecular flexibility index (Phi) is 8.91. The quantitative estimate of drug-likeness (QED) is 0.625. The fourth-order valence-corrected chi connectivity index (χ4v) is 2.14. The van der Waals surface area contributed by atoms with Crippen molar-refractivity contribution in [3.8, 4) is 5.75 Å². The van der Waals surface area contributed by atoms with Gasteiger partial charge in [0.1, 0.15) is 5.75 Å². The SMILES string of the molecule is CC(C)CNCCCCCCOc1cccc(N(C)C)c1. The van der Waals surface area contributed by atoms with Crippen molar-refractivity contribution in [3.63, 3.8) is 0 Å². The van der Waals surface area contributed by atoms with Crippen LogP contribution in [-0.4, -0.2) is 33.8 Å². The molecular formula is C18H32N2O. The Hall–Kier alpha value is -1.22. The van der Waals surface area contributed by atoms with Crippen molar-refractivity contribution in [2.75, 3.05) is 38.7 Å². The molecular weight excluding hydrogens is 260 g/mol. The summed E-state index contributed by atoms with van der Waals surface area (Å²) >= 11 is 0. The normalized spacial score (nSPS) is 10.9. The van der Waals surface area contributed by atoms with E-state index in [2.05, 4.69) is 36.2 Å². The highest BCUT2D eigenvalue weighted by Gasteiger charge is 1.99.